The van der Waals surface area contributed by atoms with Gasteiger partial charge >= 0.3 is 0 Å². The molecule has 1 saturated heterocycles. The van der Waals surface area contributed by atoms with Crippen LogP contribution in [0.5, 0.6) is 0 Å². The van der Waals surface area contributed by atoms with Crippen LogP contribution in [0.4, 0.5) is 6.01 Å². The van der Waals surface area contributed by atoms with E-state index in [1.165, 1.54) is 0 Å². The molecule has 0 radical (unpaired) electrons. The zero-order valence-corrected chi connectivity index (χ0v) is 16.9. The number of para-hydroxylation sites is 2. The number of piperidine rings is 1. The topological polar surface area (TPSA) is 58.4 Å². The van der Waals surface area contributed by atoms with Gasteiger partial charge in [0, 0.05) is 24.5 Å². The van der Waals surface area contributed by atoms with E-state index in [9.17, 15) is 4.79 Å². The van der Waals surface area contributed by atoms with Crippen molar-refractivity contribution in [3.8, 4) is 0 Å². The van der Waals surface area contributed by atoms with Gasteiger partial charge in [-0.1, -0.05) is 31.2 Å². The van der Waals surface area contributed by atoms with Crippen LogP contribution in [-0.4, -0.2) is 36.3 Å². The second kappa shape index (κ2) is 8.69. The van der Waals surface area contributed by atoms with Gasteiger partial charge in [0.15, 0.2) is 5.58 Å². The van der Waals surface area contributed by atoms with Crippen LogP contribution in [0.2, 0.25) is 0 Å². The summed E-state index contributed by atoms with van der Waals surface area (Å²) in [5.74, 6) is 1.46. The van der Waals surface area contributed by atoms with Crippen LogP contribution in [0.25, 0.3) is 11.1 Å². The van der Waals surface area contributed by atoms with E-state index in [0.717, 1.165) is 53.2 Å². The molecule has 1 amide bonds. The van der Waals surface area contributed by atoms with Crippen molar-refractivity contribution in [1.82, 2.24) is 10.3 Å². The molecule has 0 aliphatic carbocycles. The molecule has 0 atom stereocenters. The number of oxazole rings is 1. The largest absolute Gasteiger partial charge is 0.423 e. The van der Waals surface area contributed by atoms with E-state index in [-0.39, 0.29) is 5.91 Å². The molecule has 28 heavy (non-hydrogen) atoms. The number of rotatable bonds is 6. The number of hydrogen-bond acceptors (Lipinski definition) is 5. The minimum atomic E-state index is 0.0259. The number of amides is 1. The lowest BCUT2D eigenvalue weighted by molar-refractivity contribution is 0.0942. The normalized spacial score (nSPS) is 15.1. The molecule has 2 heterocycles. The van der Waals surface area contributed by atoms with Crippen molar-refractivity contribution in [1.29, 1.82) is 0 Å². The average molecular weight is 396 g/mol. The Morgan fingerprint density at radius 1 is 1.18 bits per heavy atom. The first-order valence-corrected chi connectivity index (χ1v) is 10.8. The Morgan fingerprint density at radius 2 is 1.93 bits per heavy atom. The van der Waals surface area contributed by atoms with Crippen molar-refractivity contribution in [2.45, 2.75) is 24.7 Å². The second-order valence-electron chi connectivity index (χ2n) is 7.03. The molecule has 0 spiro atoms. The third-order valence-corrected chi connectivity index (χ3v) is 6.11. The molecule has 6 heteroatoms. The summed E-state index contributed by atoms with van der Waals surface area (Å²) in [4.78, 5) is 20.4. The van der Waals surface area contributed by atoms with Crippen molar-refractivity contribution in [2.24, 2.45) is 5.92 Å². The molecule has 1 aliphatic rings. The van der Waals surface area contributed by atoms with Gasteiger partial charge in [-0.2, -0.15) is 4.98 Å². The van der Waals surface area contributed by atoms with E-state index in [4.69, 9.17) is 4.42 Å². The molecule has 4 rings (SSSR count). The maximum atomic E-state index is 12.6. The van der Waals surface area contributed by atoms with Gasteiger partial charge in [-0.25, -0.2) is 0 Å². The van der Waals surface area contributed by atoms with Crippen molar-refractivity contribution in [3.05, 3.63) is 54.1 Å². The Hall–Kier alpha value is -2.47. The van der Waals surface area contributed by atoms with E-state index in [1.54, 1.807) is 11.8 Å². The van der Waals surface area contributed by atoms with Crippen molar-refractivity contribution >= 4 is 34.8 Å². The quantitative estimate of drug-likeness (QED) is 0.619. The molecule has 146 valence electrons. The first kappa shape index (κ1) is 18.9. The van der Waals surface area contributed by atoms with E-state index in [2.05, 4.69) is 22.1 Å². The fourth-order valence-electron chi connectivity index (χ4n) is 3.59. The van der Waals surface area contributed by atoms with Crippen molar-refractivity contribution in [3.63, 3.8) is 0 Å². The van der Waals surface area contributed by atoms with Crippen LogP contribution < -0.4 is 10.2 Å². The predicted molar refractivity (Wildman–Crippen MR) is 114 cm³/mol. The number of fused-ring (bicyclic) bond motifs is 1. The smallest absolute Gasteiger partial charge is 0.298 e. The number of aromatic nitrogens is 1. The van der Waals surface area contributed by atoms with Gasteiger partial charge in [0.1, 0.15) is 5.52 Å². The lowest BCUT2D eigenvalue weighted by Crippen LogP contribution is -2.38. The van der Waals surface area contributed by atoms with E-state index < -0.39 is 0 Å². The summed E-state index contributed by atoms with van der Waals surface area (Å²) < 4.78 is 5.88. The van der Waals surface area contributed by atoms with Crippen LogP contribution in [-0.2, 0) is 0 Å². The first-order valence-electron chi connectivity index (χ1n) is 9.85. The summed E-state index contributed by atoms with van der Waals surface area (Å²) in [6.45, 7) is 4.61. The van der Waals surface area contributed by atoms with Crippen LogP contribution in [0.15, 0.2) is 57.8 Å². The maximum absolute atomic E-state index is 12.6. The summed E-state index contributed by atoms with van der Waals surface area (Å²) in [5.41, 5.74) is 2.50. The molecule has 0 saturated carbocycles. The zero-order valence-electron chi connectivity index (χ0n) is 16.1. The highest BCUT2D eigenvalue weighted by Gasteiger charge is 2.23. The highest BCUT2D eigenvalue weighted by atomic mass is 32.2. The third-order valence-electron chi connectivity index (χ3n) is 5.15. The maximum Gasteiger partial charge on any atom is 0.298 e. The Balaban J connectivity index is 1.30. The Bertz CT molecular complexity index is 915. The number of nitrogens with one attached hydrogen (secondary N) is 1. The number of nitrogens with zero attached hydrogens (tertiary/aromatic N) is 2. The third kappa shape index (κ3) is 4.17. The molecule has 5 nitrogen and oxygen atoms in total. The standard InChI is InChI=1S/C22H25N3O2S/c1-2-28-20-10-6-3-7-17(20)21(26)23-15-16-11-13-25(14-12-16)22-24-18-8-4-5-9-19(18)27-22/h3-10,16H,2,11-15H2,1H3,(H,23,26). The summed E-state index contributed by atoms with van der Waals surface area (Å²) in [5, 5.41) is 3.13. The molecule has 0 bridgehead atoms. The van der Waals surface area contributed by atoms with Gasteiger partial charge in [0.2, 0.25) is 0 Å². The fourth-order valence-corrected chi connectivity index (χ4v) is 4.39. The number of thioether (sulfide) groups is 1. The average Bonchev–Trinajstić information content (AvgIpc) is 3.17. The van der Waals surface area contributed by atoms with E-state index in [1.807, 2.05) is 48.5 Å². The van der Waals surface area contributed by atoms with Gasteiger partial charge in [-0.15, -0.1) is 11.8 Å². The molecule has 2 aromatic carbocycles. The van der Waals surface area contributed by atoms with Gasteiger partial charge in [0.05, 0.1) is 5.56 Å². The zero-order chi connectivity index (χ0) is 19.3. The molecular weight excluding hydrogens is 370 g/mol. The predicted octanol–water partition coefficient (Wildman–Crippen LogP) is 4.59. The molecule has 1 aromatic heterocycles. The van der Waals surface area contributed by atoms with E-state index in [0.29, 0.717) is 18.5 Å². The van der Waals surface area contributed by atoms with Crippen LogP contribution >= 0.6 is 11.8 Å². The Kier molecular flexibility index (Phi) is 5.86. The van der Waals surface area contributed by atoms with Gasteiger partial charge in [-0.05, 0) is 48.8 Å². The summed E-state index contributed by atoms with van der Waals surface area (Å²) in [7, 11) is 0. The summed E-state index contributed by atoms with van der Waals surface area (Å²) in [6, 6.07) is 16.4. The Morgan fingerprint density at radius 3 is 2.71 bits per heavy atom. The number of hydrogen-bond donors (Lipinski definition) is 1. The van der Waals surface area contributed by atoms with Crippen LogP contribution in [0.3, 0.4) is 0 Å². The number of carbonyl (C=O) groups is 1. The van der Waals surface area contributed by atoms with Gasteiger partial charge in [0.25, 0.3) is 11.9 Å². The molecule has 1 fully saturated rings. The van der Waals surface area contributed by atoms with Crippen molar-refractivity contribution in [2.75, 3.05) is 30.3 Å². The number of carbonyl (C=O) groups excluding carboxylic acids is 1. The highest BCUT2D eigenvalue weighted by Crippen LogP contribution is 2.26. The SMILES string of the molecule is CCSc1ccccc1C(=O)NCC1CCN(c2nc3ccccc3o2)CC1. The summed E-state index contributed by atoms with van der Waals surface area (Å²) >= 11 is 1.71. The summed E-state index contributed by atoms with van der Waals surface area (Å²) in [6.07, 6.45) is 2.04. The first-order chi connectivity index (χ1) is 13.7. The van der Waals surface area contributed by atoms with Gasteiger partial charge < -0.3 is 14.6 Å². The van der Waals surface area contributed by atoms with Crippen molar-refractivity contribution < 1.29 is 9.21 Å². The molecule has 1 N–H and O–H groups in total. The Labute approximate surface area is 169 Å². The minimum Gasteiger partial charge on any atom is -0.423 e. The highest BCUT2D eigenvalue weighted by molar-refractivity contribution is 7.99. The molecular formula is C22H25N3O2S. The fraction of sp³-hybridized carbons (Fsp3) is 0.364. The lowest BCUT2D eigenvalue weighted by Gasteiger charge is -2.30. The van der Waals surface area contributed by atoms with Crippen LogP contribution in [0, 0.1) is 5.92 Å². The molecule has 3 aromatic rings. The van der Waals surface area contributed by atoms with Crippen LogP contribution in [0.1, 0.15) is 30.1 Å². The number of benzene rings is 2. The van der Waals surface area contributed by atoms with Gasteiger partial charge in [-0.3, -0.25) is 4.79 Å². The second-order valence-corrected chi connectivity index (χ2v) is 8.34. The molecule has 0 unspecified atom stereocenters. The molecule has 1 aliphatic heterocycles. The number of anilines is 1. The van der Waals surface area contributed by atoms with E-state index >= 15 is 0 Å². The lowest BCUT2D eigenvalue weighted by atomic mass is 9.97. The monoisotopic (exact) mass is 395 g/mol. The minimum absolute atomic E-state index is 0.0259.